The summed E-state index contributed by atoms with van der Waals surface area (Å²) in [5, 5.41) is 4.19. The highest BCUT2D eigenvalue weighted by molar-refractivity contribution is 7.89. The average Bonchev–Trinajstić information content (AvgIpc) is 3.25. The molecular weight excluding hydrogens is 378 g/mol. The summed E-state index contributed by atoms with van der Waals surface area (Å²) in [6.45, 7) is 3.50. The van der Waals surface area contributed by atoms with Crippen molar-refractivity contribution in [2.45, 2.75) is 24.6 Å². The summed E-state index contributed by atoms with van der Waals surface area (Å²) < 4.78 is 36.9. The molecule has 1 aliphatic rings. The molecule has 138 valence electrons. The molecule has 0 amide bonds. The summed E-state index contributed by atoms with van der Waals surface area (Å²) in [5.41, 5.74) is 1.35. The predicted molar refractivity (Wildman–Crippen MR) is 95.6 cm³/mol. The zero-order valence-electron chi connectivity index (χ0n) is 14.1. The van der Waals surface area contributed by atoms with Crippen molar-refractivity contribution in [1.82, 2.24) is 23.5 Å². The topological polar surface area (TPSA) is 81.7 Å². The first kappa shape index (κ1) is 17.5. The van der Waals surface area contributed by atoms with Gasteiger partial charge in [0.05, 0.1) is 18.9 Å². The van der Waals surface area contributed by atoms with Crippen LogP contribution in [-0.2, 0) is 21.3 Å². The van der Waals surface area contributed by atoms with Crippen LogP contribution in [0.25, 0.3) is 5.65 Å². The summed E-state index contributed by atoms with van der Waals surface area (Å²) in [5.74, 6) is 0. The van der Waals surface area contributed by atoms with Crippen LogP contribution in [0.4, 0.5) is 0 Å². The number of aromatic nitrogens is 4. The van der Waals surface area contributed by atoms with Crippen LogP contribution in [0.5, 0.6) is 0 Å². The molecule has 26 heavy (non-hydrogen) atoms. The van der Waals surface area contributed by atoms with E-state index in [0.29, 0.717) is 12.3 Å². The minimum absolute atomic E-state index is 0.0142. The summed E-state index contributed by atoms with van der Waals surface area (Å²) >= 11 is 6.16. The molecule has 4 rings (SSSR count). The normalized spacial score (nSPS) is 19.2. The van der Waals surface area contributed by atoms with E-state index in [2.05, 4.69) is 10.1 Å². The number of hydrogen-bond acceptors (Lipinski definition) is 5. The van der Waals surface area contributed by atoms with Crippen molar-refractivity contribution in [1.29, 1.82) is 0 Å². The fourth-order valence-electron chi connectivity index (χ4n) is 3.06. The molecule has 1 saturated heterocycles. The van der Waals surface area contributed by atoms with E-state index in [9.17, 15) is 8.42 Å². The number of hydrogen-bond donors (Lipinski definition) is 0. The van der Waals surface area contributed by atoms with Crippen LogP contribution < -0.4 is 0 Å². The molecule has 1 fully saturated rings. The van der Waals surface area contributed by atoms with Gasteiger partial charge >= 0.3 is 0 Å². The second-order valence-corrected chi connectivity index (χ2v) is 8.20. The van der Waals surface area contributed by atoms with Gasteiger partial charge in [0.1, 0.15) is 5.65 Å². The molecule has 0 saturated carbocycles. The number of nitrogens with zero attached hydrogens (tertiary/aromatic N) is 5. The lowest BCUT2D eigenvalue weighted by atomic mass is 10.2. The number of halogens is 1. The zero-order chi connectivity index (χ0) is 18.3. The van der Waals surface area contributed by atoms with Gasteiger partial charge in [-0.15, -0.1) is 0 Å². The van der Waals surface area contributed by atoms with Crippen LogP contribution in [0, 0.1) is 0 Å². The summed E-state index contributed by atoms with van der Waals surface area (Å²) in [6.07, 6.45) is 4.87. The number of rotatable bonds is 4. The zero-order valence-corrected chi connectivity index (χ0v) is 15.7. The fraction of sp³-hybridized carbons (Fsp3) is 0.375. The lowest BCUT2D eigenvalue weighted by Crippen LogP contribution is -2.42. The Morgan fingerprint density at radius 3 is 3.00 bits per heavy atom. The van der Waals surface area contributed by atoms with Gasteiger partial charge in [0.25, 0.3) is 10.0 Å². The number of aryl methyl sites for hydroxylation is 1. The number of ether oxygens (including phenoxy) is 1. The van der Waals surface area contributed by atoms with E-state index in [1.54, 1.807) is 35.3 Å². The molecule has 8 nitrogen and oxygen atoms in total. The standard InChI is InChI=1S/C16H18ClN5O3S/c1-2-20-10-12(9-18-20)13-11-21(7-8-25-13)26(23,24)16-15(17)19-14-5-3-4-6-22(14)16/h3-6,9-10,13H,2,7-8,11H2,1H3/t13-/m1/s1. The van der Waals surface area contributed by atoms with Crippen LogP contribution in [-0.4, -0.2) is 51.6 Å². The minimum Gasteiger partial charge on any atom is -0.371 e. The van der Waals surface area contributed by atoms with Crippen LogP contribution in [0.2, 0.25) is 5.15 Å². The van der Waals surface area contributed by atoms with Gasteiger partial charge in [0.2, 0.25) is 0 Å². The Kier molecular flexibility index (Phi) is 4.47. The van der Waals surface area contributed by atoms with Crippen molar-refractivity contribution >= 4 is 27.3 Å². The van der Waals surface area contributed by atoms with Crippen molar-refractivity contribution in [2.24, 2.45) is 0 Å². The molecule has 3 aromatic rings. The number of imidazole rings is 1. The van der Waals surface area contributed by atoms with Crippen LogP contribution in [0.15, 0.2) is 41.8 Å². The van der Waals surface area contributed by atoms with Gasteiger partial charge in [-0.25, -0.2) is 13.4 Å². The summed E-state index contributed by atoms with van der Waals surface area (Å²) in [4.78, 5) is 4.14. The Bertz CT molecular complexity index is 1050. The van der Waals surface area contributed by atoms with Crippen molar-refractivity contribution < 1.29 is 13.2 Å². The van der Waals surface area contributed by atoms with Gasteiger partial charge in [0.15, 0.2) is 10.2 Å². The van der Waals surface area contributed by atoms with E-state index in [1.807, 2.05) is 13.1 Å². The van der Waals surface area contributed by atoms with Crippen molar-refractivity contribution in [3.05, 3.63) is 47.5 Å². The van der Waals surface area contributed by atoms with Gasteiger partial charge in [-0.1, -0.05) is 17.7 Å². The summed E-state index contributed by atoms with van der Waals surface area (Å²) in [7, 11) is -3.82. The monoisotopic (exact) mass is 395 g/mol. The van der Waals surface area contributed by atoms with E-state index >= 15 is 0 Å². The highest BCUT2D eigenvalue weighted by Gasteiger charge is 2.35. The van der Waals surface area contributed by atoms with E-state index in [0.717, 1.165) is 12.1 Å². The third-order valence-corrected chi connectivity index (χ3v) is 6.67. The predicted octanol–water partition coefficient (Wildman–Crippen LogP) is 1.97. The maximum Gasteiger partial charge on any atom is 0.262 e. The van der Waals surface area contributed by atoms with Crippen molar-refractivity contribution in [2.75, 3.05) is 19.7 Å². The first-order valence-corrected chi connectivity index (χ1v) is 10.1. The molecule has 10 heteroatoms. The van der Waals surface area contributed by atoms with E-state index in [4.69, 9.17) is 16.3 Å². The van der Waals surface area contributed by atoms with Crippen molar-refractivity contribution in [3.8, 4) is 0 Å². The molecule has 3 aromatic heterocycles. The van der Waals surface area contributed by atoms with Crippen molar-refractivity contribution in [3.63, 3.8) is 0 Å². The number of pyridine rings is 1. The third kappa shape index (κ3) is 2.90. The minimum atomic E-state index is -3.82. The van der Waals surface area contributed by atoms with Gasteiger partial charge in [-0.05, 0) is 19.1 Å². The van der Waals surface area contributed by atoms with E-state index in [-0.39, 0.29) is 29.4 Å². The first-order chi connectivity index (χ1) is 12.5. The fourth-order valence-corrected chi connectivity index (χ4v) is 5.08. The molecule has 4 heterocycles. The first-order valence-electron chi connectivity index (χ1n) is 8.27. The number of sulfonamides is 1. The molecule has 0 unspecified atom stereocenters. The molecular formula is C16H18ClN5O3S. The van der Waals surface area contributed by atoms with Gasteiger partial charge in [-0.2, -0.15) is 9.40 Å². The molecule has 0 bridgehead atoms. The van der Waals surface area contributed by atoms with Gasteiger partial charge in [0, 0.05) is 37.6 Å². The Hall–Kier alpha value is -1.94. The Morgan fingerprint density at radius 1 is 1.38 bits per heavy atom. The highest BCUT2D eigenvalue weighted by atomic mass is 35.5. The van der Waals surface area contributed by atoms with Crippen LogP contribution in [0.1, 0.15) is 18.6 Å². The van der Waals surface area contributed by atoms with Gasteiger partial charge < -0.3 is 4.74 Å². The second kappa shape index (κ2) is 6.66. The Labute approximate surface area is 156 Å². The molecule has 1 aliphatic heterocycles. The molecule has 0 N–H and O–H groups in total. The number of fused-ring (bicyclic) bond motifs is 1. The quantitative estimate of drug-likeness (QED) is 0.674. The largest absolute Gasteiger partial charge is 0.371 e. The smallest absolute Gasteiger partial charge is 0.262 e. The molecule has 0 aliphatic carbocycles. The molecule has 0 spiro atoms. The van der Waals surface area contributed by atoms with E-state index < -0.39 is 10.0 Å². The Morgan fingerprint density at radius 2 is 2.23 bits per heavy atom. The second-order valence-electron chi connectivity index (χ2n) is 5.99. The molecule has 0 aromatic carbocycles. The third-order valence-electron chi connectivity index (χ3n) is 4.41. The van der Waals surface area contributed by atoms with Gasteiger partial charge in [-0.3, -0.25) is 9.08 Å². The lowest BCUT2D eigenvalue weighted by molar-refractivity contribution is -0.00268. The van der Waals surface area contributed by atoms with Crippen LogP contribution >= 0.6 is 11.6 Å². The van der Waals surface area contributed by atoms with E-state index in [1.165, 1.54) is 8.71 Å². The number of morpholine rings is 1. The average molecular weight is 396 g/mol. The van der Waals surface area contributed by atoms with Crippen LogP contribution in [0.3, 0.4) is 0 Å². The lowest BCUT2D eigenvalue weighted by Gasteiger charge is -2.31. The molecule has 1 atom stereocenters. The molecule has 0 radical (unpaired) electrons. The summed E-state index contributed by atoms with van der Waals surface area (Å²) in [6, 6.07) is 5.24. The Balaban J connectivity index is 1.68. The maximum absolute atomic E-state index is 13.2. The highest BCUT2D eigenvalue weighted by Crippen LogP contribution is 2.30. The maximum atomic E-state index is 13.2. The SMILES string of the molecule is CCn1cc([C@H]2CN(S(=O)(=O)c3c(Cl)nc4ccccn34)CCO2)cn1.